The number of hydrogen-bond donors (Lipinski definition) is 0. The molecule has 98 valence electrons. The molecule has 0 N–H and O–H groups in total. The van der Waals surface area contributed by atoms with Crippen LogP contribution in [0.3, 0.4) is 0 Å². The molecule has 1 unspecified atom stereocenters. The molecule has 0 saturated carbocycles. The summed E-state index contributed by atoms with van der Waals surface area (Å²) in [5, 5.41) is 0. The molecule has 0 aliphatic carbocycles. The Bertz CT molecular complexity index is 363. The Morgan fingerprint density at radius 1 is 0.941 bits per heavy atom. The lowest BCUT2D eigenvalue weighted by molar-refractivity contribution is -0.111. The molecule has 17 heavy (non-hydrogen) atoms. The second-order valence-electron chi connectivity index (χ2n) is 4.78. The Morgan fingerprint density at radius 3 is 2.24 bits per heavy atom. The molecule has 2 heterocycles. The number of hydrogen-bond acceptors (Lipinski definition) is 3. The van der Waals surface area contributed by atoms with Gasteiger partial charge in [-0.1, -0.05) is 12.8 Å². The zero-order valence-electron chi connectivity index (χ0n) is 10.0. The number of nitrogens with zero attached hydrogens (tertiary/aromatic N) is 2. The van der Waals surface area contributed by atoms with Crippen molar-refractivity contribution in [1.82, 2.24) is 8.61 Å². The molecule has 0 bridgehead atoms. The second kappa shape index (κ2) is 5.46. The fourth-order valence-corrected chi connectivity index (χ4v) is 4.47. The third-order valence-electron chi connectivity index (χ3n) is 3.59. The largest absolute Gasteiger partial charge is 0.302 e. The minimum atomic E-state index is -3.41. The quantitative estimate of drug-likeness (QED) is 0.704. The summed E-state index contributed by atoms with van der Waals surface area (Å²) in [6, 6.07) is -0.448. The summed E-state index contributed by atoms with van der Waals surface area (Å²) in [6.45, 7) is 1.69. The van der Waals surface area contributed by atoms with Crippen molar-refractivity contribution in [1.29, 1.82) is 0 Å². The molecule has 2 saturated heterocycles. The third kappa shape index (κ3) is 2.69. The number of rotatable bonds is 3. The molecule has 0 aromatic heterocycles. The fourth-order valence-electron chi connectivity index (χ4n) is 2.60. The van der Waals surface area contributed by atoms with Crippen molar-refractivity contribution in [3.8, 4) is 0 Å². The van der Waals surface area contributed by atoms with E-state index >= 15 is 0 Å². The Morgan fingerprint density at radius 2 is 1.59 bits per heavy atom. The molecule has 2 aliphatic heterocycles. The van der Waals surface area contributed by atoms with E-state index in [2.05, 4.69) is 0 Å². The van der Waals surface area contributed by atoms with Gasteiger partial charge in [-0.2, -0.15) is 17.0 Å². The Labute approximate surface area is 103 Å². The lowest BCUT2D eigenvalue weighted by Crippen LogP contribution is -2.52. The average molecular weight is 260 g/mol. The minimum Gasteiger partial charge on any atom is -0.302 e. The molecule has 0 radical (unpaired) electrons. The van der Waals surface area contributed by atoms with Gasteiger partial charge in [0, 0.05) is 19.6 Å². The topological polar surface area (TPSA) is 57.7 Å². The predicted octanol–water partition coefficient (Wildman–Crippen LogP) is 0.771. The van der Waals surface area contributed by atoms with Gasteiger partial charge in [-0.3, -0.25) is 0 Å². The lowest BCUT2D eigenvalue weighted by Gasteiger charge is -2.36. The second-order valence-corrected chi connectivity index (χ2v) is 6.66. The van der Waals surface area contributed by atoms with Crippen LogP contribution in [0.5, 0.6) is 0 Å². The van der Waals surface area contributed by atoms with Gasteiger partial charge >= 0.3 is 0 Å². The van der Waals surface area contributed by atoms with Crippen molar-refractivity contribution in [3.63, 3.8) is 0 Å². The van der Waals surface area contributed by atoms with E-state index in [0.29, 0.717) is 26.1 Å². The first-order valence-corrected chi connectivity index (χ1v) is 7.78. The molecule has 0 aromatic rings. The van der Waals surface area contributed by atoms with Crippen molar-refractivity contribution < 1.29 is 13.2 Å². The molecule has 0 spiro atoms. The molecule has 6 heteroatoms. The number of aldehydes is 1. The zero-order valence-corrected chi connectivity index (χ0v) is 10.9. The van der Waals surface area contributed by atoms with E-state index in [9.17, 15) is 13.2 Å². The van der Waals surface area contributed by atoms with Crippen molar-refractivity contribution in [3.05, 3.63) is 0 Å². The molecule has 2 rings (SSSR count). The molecule has 2 aliphatic rings. The van der Waals surface area contributed by atoms with Crippen LogP contribution in [-0.4, -0.2) is 49.0 Å². The first kappa shape index (κ1) is 13.0. The number of carbonyl (C=O) groups is 1. The molecule has 1 atom stereocenters. The van der Waals surface area contributed by atoms with Crippen LogP contribution in [0.15, 0.2) is 0 Å². The summed E-state index contributed by atoms with van der Waals surface area (Å²) in [4.78, 5) is 11.0. The molecule has 2 fully saturated rings. The van der Waals surface area contributed by atoms with Crippen molar-refractivity contribution in [2.75, 3.05) is 19.6 Å². The normalized spacial score (nSPS) is 29.1. The van der Waals surface area contributed by atoms with Gasteiger partial charge in [0.25, 0.3) is 10.2 Å². The summed E-state index contributed by atoms with van der Waals surface area (Å²) in [5.41, 5.74) is 0. The first-order chi connectivity index (χ1) is 8.16. The standard InChI is InChI=1S/C11H20N2O3S/c14-10-11-6-2-5-9-13(11)17(15,16)12-7-3-1-4-8-12/h10-11H,1-9H2. The summed E-state index contributed by atoms with van der Waals surface area (Å²) in [7, 11) is -3.41. The molecule has 5 nitrogen and oxygen atoms in total. The van der Waals surface area contributed by atoms with Crippen LogP contribution in [0, 0.1) is 0 Å². The zero-order chi connectivity index (χ0) is 12.3. The smallest absolute Gasteiger partial charge is 0.282 e. The highest BCUT2D eigenvalue weighted by Crippen LogP contribution is 2.23. The highest BCUT2D eigenvalue weighted by Gasteiger charge is 2.36. The highest BCUT2D eigenvalue weighted by atomic mass is 32.2. The SMILES string of the molecule is O=CC1CCCCN1S(=O)(=O)N1CCCCC1. The Hall–Kier alpha value is -0.460. The van der Waals surface area contributed by atoms with Crippen LogP contribution in [0.25, 0.3) is 0 Å². The van der Waals surface area contributed by atoms with Gasteiger partial charge < -0.3 is 4.79 Å². The number of carbonyl (C=O) groups excluding carboxylic acids is 1. The van der Waals surface area contributed by atoms with Gasteiger partial charge in [0.1, 0.15) is 6.29 Å². The van der Waals surface area contributed by atoms with Gasteiger partial charge in [0.15, 0.2) is 0 Å². The fraction of sp³-hybridized carbons (Fsp3) is 0.909. The van der Waals surface area contributed by atoms with Crippen LogP contribution in [-0.2, 0) is 15.0 Å². The molecular weight excluding hydrogens is 240 g/mol. The van der Waals surface area contributed by atoms with Crippen LogP contribution in [0.1, 0.15) is 38.5 Å². The van der Waals surface area contributed by atoms with Gasteiger partial charge in [0.2, 0.25) is 0 Å². The maximum Gasteiger partial charge on any atom is 0.282 e. The van der Waals surface area contributed by atoms with Crippen molar-refractivity contribution >= 4 is 16.5 Å². The molecular formula is C11H20N2O3S. The third-order valence-corrected chi connectivity index (χ3v) is 5.66. The van der Waals surface area contributed by atoms with E-state index in [1.54, 1.807) is 4.31 Å². The monoisotopic (exact) mass is 260 g/mol. The maximum atomic E-state index is 12.4. The van der Waals surface area contributed by atoms with E-state index in [4.69, 9.17) is 0 Å². The Kier molecular flexibility index (Phi) is 4.17. The van der Waals surface area contributed by atoms with Gasteiger partial charge in [-0.15, -0.1) is 0 Å². The highest BCUT2D eigenvalue weighted by molar-refractivity contribution is 7.86. The summed E-state index contributed by atoms with van der Waals surface area (Å²) >= 11 is 0. The van der Waals surface area contributed by atoms with Crippen LogP contribution in [0.4, 0.5) is 0 Å². The van der Waals surface area contributed by atoms with Gasteiger partial charge in [-0.05, 0) is 25.7 Å². The summed E-state index contributed by atoms with van der Waals surface area (Å²) in [5.74, 6) is 0. The maximum absolute atomic E-state index is 12.4. The minimum absolute atomic E-state index is 0.448. The summed E-state index contributed by atoms with van der Waals surface area (Å²) < 4.78 is 27.7. The predicted molar refractivity (Wildman–Crippen MR) is 64.8 cm³/mol. The van der Waals surface area contributed by atoms with E-state index in [1.807, 2.05) is 0 Å². The molecule has 0 amide bonds. The van der Waals surface area contributed by atoms with Gasteiger partial charge in [0.05, 0.1) is 6.04 Å². The van der Waals surface area contributed by atoms with E-state index in [-0.39, 0.29) is 0 Å². The summed E-state index contributed by atoms with van der Waals surface area (Å²) in [6.07, 6.45) is 6.20. The molecule has 0 aromatic carbocycles. The van der Waals surface area contributed by atoms with E-state index in [0.717, 1.165) is 38.4 Å². The average Bonchev–Trinajstić information content (AvgIpc) is 2.39. The van der Waals surface area contributed by atoms with Crippen molar-refractivity contribution in [2.24, 2.45) is 0 Å². The lowest BCUT2D eigenvalue weighted by atomic mass is 10.1. The van der Waals surface area contributed by atoms with Crippen LogP contribution >= 0.6 is 0 Å². The number of piperidine rings is 2. The van der Waals surface area contributed by atoms with Crippen LogP contribution < -0.4 is 0 Å². The van der Waals surface area contributed by atoms with Crippen LogP contribution in [0.2, 0.25) is 0 Å². The van der Waals surface area contributed by atoms with E-state index < -0.39 is 16.3 Å². The van der Waals surface area contributed by atoms with E-state index in [1.165, 1.54) is 4.31 Å². The van der Waals surface area contributed by atoms with Crippen molar-refractivity contribution in [2.45, 2.75) is 44.6 Å². The Balaban J connectivity index is 2.14. The van der Waals surface area contributed by atoms with Gasteiger partial charge in [-0.25, -0.2) is 0 Å². The first-order valence-electron chi connectivity index (χ1n) is 6.38.